The van der Waals surface area contributed by atoms with Crippen molar-refractivity contribution in [3.8, 4) is 0 Å². The molecule has 0 aliphatic heterocycles. The van der Waals surface area contributed by atoms with E-state index in [4.69, 9.17) is 5.21 Å². The fourth-order valence-corrected chi connectivity index (χ4v) is 3.74. The van der Waals surface area contributed by atoms with Crippen molar-refractivity contribution in [1.29, 1.82) is 0 Å². The molecular weight excluding hydrogens is 311 g/mol. The third-order valence-electron chi connectivity index (χ3n) is 5.00. The highest BCUT2D eigenvalue weighted by molar-refractivity contribution is 5.92. The number of hydrogen-bond acceptors (Lipinski definition) is 5. The van der Waals surface area contributed by atoms with Gasteiger partial charge < -0.3 is 5.32 Å². The first-order valence-corrected chi connectivity index (χ1v) is 8.53. The number of halogens is 1. The molecule has 0 spiro atoms. The van der Waals surface area contributed by atoms with E-state index in [1.54, 1.807) is 11.6 Å². The summed E-state index contributed by atoms with van der Waals surface area (Å²) in [6.07, 6.45) is 11.2. The summed E-state index contributed by atoms with van der Waals surface area (Å²) in [6.45, 7) is 0. The van der Waals surface area contributed by atoms with Gasteiger partial charge in [-0.15, -0.1) is 0 Å². The predicted octanol–water partition coefficient (Wildman–Crippen LogP) is 3.16. The molecule has 7 heteroatoms. The Kier molecular flexibility index (Phi) is 5.08. The summed E-state index contributed by atoms with van der Waals surface area (Å²) in [4.78, 5) is 19.7. The molecule has 6 nitrogen and oxygen atoms in total. The summed E-state index contributed by atoms with van der Waals surface area (Å²) < 4.78 is 13.9. The van der Waals surface area contributed by atoms with Gasteiger partial charge in [0.1, 0.15) is 6.17 Å². The molecule has 130 valence electrons. The van der Waals surface area contributed by atoms with Gasteiger partial charge in [0.15, 0.2) is 0 Å². The van der Waals surface area contributed by atoms with E-state index in [1.807, 2.05) is 0 Å². The van der Waals surface area contributed by atoms with E-state index in [0.29, 0.717) is 12.4 Å². The molecule has 3 N–H and O–H groups in total. The van der Waals surface area contributed by atoms with Gasteiger partial charge in [-0.05, 0) is 43.8 Å². The second-order valence-corrected chi connectivity index (χ2v) is 6.60. The third kappa shape index (κ3) is 3.56. The number of aromatic nitrogens is 2. The minimum Gasteiger partial charge on any atom is -0.345 e. The summed E-state index contributed by atoms with van der Waals surface area (Å²) in [6, 6.07) is 0. The van der Waals surface area contributed by atoms with Crippen LogP contribution in [0.15, 0.2) is 24.0 Å². The van der Waals surface area contributed by atoms with Gasteiger partial charge in [0, 0.05) is 12.4 Å². The van der Waals surface area contributed by atoms with Gasteiger partial charge in [0.2, 0.25) is 5.95 Å². The molecular formula is C17H23FN4O2. The second kappa shape index (κ2) is 7.25. The molecule has 1 saturated carbocycles. The topological polar surface area (TPSA) is 87.1 Å². The summed E-state index contributed by atoms with van der Waals surface area (Å²) >= 11 is 0. The Morgan fingerprint density at radius 2 is 1.92 bits per heavy atom. The summed E-state index contributed by atoms with van der Waals surface area (Å²) in [5.74, 6) is -0.225. The highest BCUT2D eigenvalue weighted by Crippen LogP contribution is 2.41. The number of hydrogen-bond donors (Lipinski definition) is 3. The number of nitrogens with one attached hydrogen (secondary N) is 2. The number of nitrogens with zero attached hydrogens (tertiary/aromatic N) is 2. The van der Waals surface area contributed by atoms with Gasteiger partial charge in [-0.2, -0.15) is 0 Å². The molecule has 1 heterocycles. The molecule has 1 atom stereocenters. The van der Waals surface area contributed by atoms with Crippen molar-refractivity contribution in [2.75, 3.05) is 5.32 Å². The molecule has 1 amide bonds. The van der Waals surface area contributed by atoms with Gasteiger partial charge >= 0.3 is 0 Å². The smallest absolute Gasteiger partial charge is 0.277 e. The van der Waals surface area contributed by atoms with E-state index >= 15 is 0 Å². The number of hydroxylamine groups is 1. The van der Waals surface area contributed by atoms with E-state index in [0.717, 1.165) is 44.1 Å². The van der Waals surface area contributed by atoms with E-state index in [9.17, 15) is 9.18 Å². The number of amides is 1. The van der Waals surface area contributed by atoms with Crippen LogP contribution in [0.2, 0.25) is 0 Å². The molecule has 0 saturated heterocycles. The fraction of sp³-hybridized carbons (Fsp3) is 0.588. The predicted molar refractivity (Wildman–Crippen MR) is 87.6 cm³/mol. The minimum atomic E-state index is -0.870. The van der Waals surface area contributed by atoms with Gasteiger partial charge in [0.25, 0.3) is 5.91 Å². The van der Waals surface area contributed by atoms with Crippen LogP contribution in [0.1, 0.15) is 61.7 Å². The van der Waals surface area contributed by atoms with Crippen molar-refractivity contribution in [3.05, 3.63) is 29.6 Å². The van der Waals surface area contributed by atoms with Crippen LogP contribution in [0, 0.1) is 0 Å². The molecule has 0 radical (unpaired) electrons. The van der Waals surface area contributed by atoms with Crippen molar-refractivity contribution in [3.63, 3.8) is 0 Å². The summed E-state index contributed by atoms with van der Waals surface area (Å²) in [7, 11) is 0. The number of allylic oxidation sites excluding steroid dienone is 1. The molecule has 2 aliphatic carbocycles. The Hall–Kier alpha value is -2.02. The van der Waals surface area contributed by atoms with Crippen LogP contribution in [-0.4, -0.2) is 32.8 Å². The van der Waals surface area contributed by atoms with Crippen LogP contribution in [-0.2, 0) is 0 Å². The lowest BCUT2D eigenvalue weighted by Gasteiger charge is -2.42. The Morgan fingerprint density at radius 1 is 1.21 bits per heavy atom. The quantitative estimate of drug-likeness (QED) is 0.447. The number of carbonyl (C=O) groups excluding carboxylic acids is 1. The Morgan fingerprint density at radius 3 is 2.54 bits per heavy atom. The number of alkyl halides is 1. The zero-order valence-corrected chi connectivity index (χ0v) is 13.6. The van der Waals surface area contributed by atoms with Crippen LogP contribution in [0.5, 0.6) is 0 Å². The van der Waals surface area contributed by atoms with Gasteiger partial charge in [-0.3, -0.25) is 10.0 Å². The normalized spacial score (nSPS) is 23.2. The zero-order valence-electron chi connectivity index (χ0n) is 13.6. The van der Waals surface area contributed by atoms with Crippen molar-refractivity contribution < 1.29 is 14.4 Å². The number of carbonyl (C=O) groups is 1. The van der Waals surface area contributed by atoms with Gasteiger partial charge in [0.05, 0.1) is 11.1 Å². The van der Waals surface area contributed by atoms with Crippen LogP contribution in [0.3, 0.4) is 0 Å². The maximum Gasteiger partial charge on any atom is 0.277 e. The maximum absolute atomic E-state index is 13.9. The van der Waals surface area contributed by atoms with Gasteiger partial charge in [-0.1, -0.05) is 19.3 Å². The average Bonchev–Trinajstić information content (AvgIpc) is 2.62. The first-order chi connectivity index (χ1) is 11.6. The molecule has 0 aromatic carbocycles. The highest BCUT2D eigenvalue weighted by Gasteiger charge is 2.37. The molecule has 3 rings (SSSR count). The van der Waals surface area contributed by atoms with E-state index in [1.165, 1.54) is 18.8 Å². The molecule has 2 aliphatic rings. The fourth-order valence-electron chi connectivity index (χ4n) is 3.74. The standard InChI is InChI=1S/C17H23FN4O2/c18-14-6-4-5-13(9-14)17(7-2-1-3-8-17)21-16-19-10-12(11-20-16)15(23)22-24/h9-11,14,24H,1-8H2,(H,22,23)(H,19,20,21). The summed E-state index contributed by atoms with van der Waals surface area (Å²) in [5, 5.41) is 12.1. The molecule has 1 aromatic rings. The largest absolute Gasteiger partial charge is 0.345 e. The first-order valence-electron chi connectivity index (χ1n) is 8.53. The monoisotopic (exact) mass is 334 g/mol. The number of anilines is 1. The first kappa shape index (κ1) is 16.8. The third-order valence-corrected chi connectivity index (χ3v) is 5.00. The van der Waals surface area contributed by atoms with Crippen LogP contribution in [0.25, 0.3) is 0 Å². The molecule has 1 unspecified atom stereocenters. The second-order valence-electron chi connectivity index (χ2n) is 6.60. The van der Waals surface area contributed by atoms with E-state index in [2.05, 4.69) is 15.3 Å². The zero-order chi connectivity index (χ0) is 17.0. The van der Waals surface area contributed by atoms with Crippen LogP contribution < -0.4 is 10.8 Å². The van der Waals surface area contributed by atoms with Crippen molar-refractivity contribution in [1.82, 2.24) is 15.4 Å². The molecule has 24 heavy (non-hydrogen) atoms. The lowest BCUT2D eigenvalue weighted by Crippen LogP contribution is -2.43. The summed E-state index contributed by atoms with van der Waals surface area (Å²) in [5.41, 5.74) is 2.58. The van der Waals surface area contributed by atoms with Crippen molar-refractivity contribution >= 4 is 11.9 Å². The van der Waals surface area contributed by atoms with E-state index < -0.39 is 12.1 Å². The highest BCUT2D eigenvalue weighted by atomic mass is 19.1. The Bertz CT molecular complexity index is 612. The molecule has 1 aromatic heterocycles. The molecule has 1 fully saturated rings. The number of rotatable bonds is 4. The Balaban J connectivity index is 1.83. The SMILES string of the molecule is O=C(NO)c1cnc(NC2(C3=CC(F)CCC3)CCCCC2)nc1. The van der Waals surface area contributed by atoms with Crippen molar-refractivity contribution in [2.45, 2.75) is 63.1 Å². The molecule has 0 bridgehead atoms. The van der Waals surface area contributed by atoms with E-state index in [-0.39, 0.29) is 11.1 Å². The lowest BCUT2D eigenvalue weighted by atomic mass is 9.73. The minimum absolute atomic E-state index is 0.182. The average molecular weight is 334 g/mol. The van der Waals surface area contributed by atoms with Crippen LogP contribution in [0.4, 0.5) is 10.3 Å². The van der Waals surface area contributed by atoms with Gasteiger partial charge in [-0.25, -0.2) is 19.8 Å². The van der Waals surface area contributed by atoms with Crippen molar-refractivity contribution in [2.24, 2.45) is 0 Å². The van der Waals surface area contributed by atoms with Crippen LogP contribution >= 0.6 is 0 Å². The lowest BCUT2D eigenvalue weighted by molar-refractivity contribution is 0.0705. The maximum atomic E-state index is 13.9. The Labute approximate surface area is 140 Å².